The van der Waals surface area contributed by atoms with Gasteiger partial charge in [-0.2, -0.15) is 4.98 Å². The molecule has 0 aliphatic rings. The number of hydrogen-bond donors (Lipinski definition) is 0. The molecule has 110 valence electrons. The Labute approximate surface area is 123 Å². The topological polar surface area (TPSA) is 53.1 Å². The third kappa shape index (κ3) is 2.63. The first-order valence-electron chi connectivity index (χ1n) is 7.22. The fourth-order valence-corrected chi connectivity index (χ4v) is 2.33. The van der Waals surface area contributed by atoms with Gasteiger partial charge in [0.1, 0.15) is 12.3 Å². The molecule has 3 rings (SSSR count). The fourth-order valence-electron chi connectivity index (χ4n) is 2.33. The normalized spacial score (nSPS) is 11.4. The molecule has 2 aromatic heterocycles. The van der Waals surface area contributed by atoms with Crippen LogP contribution in [0.5, 0.6) is 5.75 Å². The summed E-state index contributed by atoms with van der Waals surface area (Å²) in [5, 5.41) is 5.10. The number of rotatable bonds is 5. The van der Waals surface area contributed by atoms with Crippen LogP contribution < -0.4 is 4.74 Å². The van der Waals surface area contributed by atoms with E-state index in [0.717, 1.165) is 22.5 Å². The number of nitrogens with zero attached hydrogens (tertiary/aromatic N) is 3. The van der Waals surface area contributed by atoms with Crippen LogP contribution in [-0.2, 0) is 6.54 Å². The van der Waals surface area contributed by atoms with Gasteiger partial charge < -0.3 is 13.8 Å². The predicted molar refractivity (Wildman–Crippen MR) is 80.6 cm³/mol. The number of fused-ring (bicyclic) bond motifs is 1. The predicted octanol–water partition coefficient (Wildman–Crippen LogP) is 3.59. The summed E-state index contributed by atoms with van der Waals surface area (Å²) >= 11 is 0. The van der Waals surface area contributed by atoms with Gasteiger partial charge in [-0.25, -0.2) is 0 Å². The molecule has 0 atom stereocenters. The Morgan fingerprint density at radius 3 is 2.86 bits per heavy atom. The molecule has 0 spiro atoms. The first kappa shape index (κ1) is 13.7. The lowest BCUT2D eigenvalue weighted by Gasteiger charge is -2.06. The van der Waals surface area contributed by atoms with Gasteiger partial charge in [0.2, 0.25) is 5.89 Å². The van der Waals surface area contributed by atoms with Crippen molar-refractivity contribution in [3.05, 3.63) is 42.2 Å². The largest absolute Gasteiger partial charge is 0.493 e. The van der Waals surface area contributed by atoms with Crippen molar-refractivity contribution in [2.24, 2.45) is 0 Å². The van der Waals surface area contributed by atoms with Crippen molar-refractivity contribution in [2.45, 2.75) is 33.2 Å². The minimum Gasteiger partial charge on any atom is -0.493 e. The molecule has 3 aromatic rings. The molecule has 0 bridgehead atoms. The lowest BCUT2D eigenvalue weighted by molar-refractivity contribution is 0.344. The van der Waals surface area contributed by atoms with Crippen molar-refractivity contribution in [2.75, 3.05) is 6.61 Å². The zero-order valence-corrected chi connectivity index (χ0v) is 12.5. The molecule has 0 fully saturated rings. The second-order valence-electron chi connectivity index (χ2n) is 5.27. The second-order valence-corrected chi connectivity index (χ2v) is 5.27. The molecule has 1 aromatic carbocycles. The number of aromatic nitrogens is 3. The van der Waals surface area contributed by atoms with E-state index in [9.17, 15) is 0 Å². The molecule has 21 heavy (non-hydrogen) atoms. The SMILES string of the molecule is CCOc1cccc2c1ccn2Cc1nc(C(C)C)no1. The van der Waals surface area contributed by atoms with Gasteiger partial charge in [-0.15, -0.1) is 0 Å². The quantitative estimate of drug-likeness (QED) is 0.718. The maximum Gasteiger partial charge on any atom is 0.246 e. The van der Waals surface area contributed by atoms with Crippen molar-refractivity contribution in [1.29, 1.82) is 0 Å². The van der Waals surface area contributed by atoms with E-state index >= 15 is 0 Å². The molecular weight excluding hydrogens is 266 g/mol. The molecule has 5 nitrogen and oxygen atoms in total. The third-order valence-corrected chi connectivity index (χ3v) is 3.38. The van der Waals surface area contributed by atoms with Crippen LogP contribution in [0.1, 0.15) is 38.4 Å². The molecule has 2 heterocycles. The monoisotopic (exact) mass is 285 g/mol. The van der Waals surface area contributed by atoms with E-state index < -0.39 is 0 Å². The van der Waals surface area contributed by atoms with Crippen LogP contribution in [0.15, 0.2) is 35.0 Å². The highest BCUT2D eigenvalue weighted by Crippen LogP contribution is 2.27. The molecule has 0 saturated carbocycles. The summed E-state index contributed by atoms with van der Waals surface area (Å²) in [6.07, 6.45) is 2.02. The minimum absolute atomic E-state index is 0.272. The second kappa shape index (κ2) is 5.60. The van der Waals surface area contributed by atoms with Crippen LogP contribution in [0.4, 0.5) is 0 Å². The summed E-state index contributed by atoms with van der Waals surface area (Å²) in [6.45, 7) is 7.31. The molecule has 0 radical (unpaired) electrons. The number of ether oxygens (including phenoxy) is 1. The number of hydrogen-bond acceptors (Lipinski definition) is 4. The van der Waals surface area contributed by atoms with E-state index in [1.54, 1.807) is 0 Å². The van der Waals surface area contributed by atoms with Crippen molar-refractivity contribution >= 4 is 10.9 Å². The summed E-state index contributed by atoms with van der Waals surface area (Å²) in [6, 6.07) is 8.11. The van der Waals surface area contributed by atoms with Gasteiger partial charge in [0.15, 0.2) is 5.82 Å². The highest BCUT2D eigenvalue weighted by molar-refractivity contribution is 5.86. The van der Waals surface area contributed by atoms with Gasteiger partial charge in [-0.3, -0.25) is 0 Å². The Bertz CT molecular complexity index is 743. The Balaban J connectivity index is 1.92. The Morgan fingerprint density at radius 2 is 2.14 bits per heavy atom. The van der Waals surface area contributed by atoms with E-state index in [4.69, 9.17) is 9.26 Å². The Kier molecular flexibility index (Phi) is 3.64. The maximum absolute atomic E-state index is 5.65. The highest BCUT2D eigenvalue weighted by Gasteiger charge is 2.12. The van der Waals surface area contributed by atoms with Crippen LogP contribution in [0.3, 0.4) is 0 Å². The summed E-state index contributed by atoms with van der Waals surface area (Å²) in [5.74, 6) is 2.55. The van der Waals surface area contributed by atoms with Gasteiger partial charge in [0.05, 0.1) is 12.1 Å². The zero-order valence-electron chi connectivity index (χ0n) is 12.5. The maximum atomic E-state index is 5.65. The molecule has 5 heteroatoms. The summed E-state index contributed by atoms with van der Waals surface area (Å²) in [4.78, 5) is 4.42. The van der Waals surface area contributed by atoms with E-state index in [2.05, 4.69) is 26.8 Å². The average molecular weight is 285 g/mol. The van der Waals surface area contributed by atoms with Gasteiger partial charge in [0.25, 0.3) is 0 Å². The van der Waals surface area contributed by atoms with E-state index in [1.165, 1.54) is 0 Å². The van der Waals surface area contributed by atoms with Crippen LogP contribution in [0, 0.1) is 0 Å². The van der Waals surface area contributed by atoms with Gasteiger partial charge in [-0.05, 0) is 25.1 Å². The van der Waals surface area contributed by atoms with Gasteiger partial charge >= 0.3 is 0 Å². The smallest absolute Gasteiger partial charge is 0.246 e. The van der Waals surface area contributed by atoms with E-state index in [0.29, 0.717) is 19.0 Å². The van der Waals surface area contributed by atoms with Crippen LogP contribution >= 0.6 is 0 Å². The van der Waals surface area contributed by atoms with Crippen molar-refractivity contribution in [3.8, 4) is 5.75 Å². The summed E-state index contributed by atoms with van der Waals surface area (Å²) in [7, 11) is 0. The minimum atomic E-state index is 0.272. The van der Waals surface area contributed by atoms with Gasteiger partial charge in [-0.1, -0.05) is 25.1 Å². The van der Waals surface area contributed by atoms with Crippen molar-refractivity contribution < 1.29 is 9.26 Å². The lowest BCUT2D eigenvalue weighted by Crippen LogP contribution is -1.99. The fraction of sp³-hybridized carbons (Fsp3) is 0.375. The van der Waals surface area contributed by atoms with Crippen molar-refractivity contribution in [1.82, 2.24) is 14.7 Å². The highest BCUT2D eigenvalue weighted by atomic mass is 16.5. The van der Waals surface area contributed by atoms with Gasteiger partial charge in [0, 0.05) is 17.5 Å². The zero-order chi connectivity index (χ0) is 14.8. The molecular formula is C16H19N3O2. The lowest BCUT2D eigenvalue weighted by atomic mass is 10.2. The first-order chi connectivity index (χ1) is 10.2. The third-order valence-electron chi connectivity index (χ3n) is 3.38. The summed E-state index contributed by atoms with van der Waals surface area (Å²) < 4.78 is 13.1. The van der Waals surface area contributed by atoms with Crippen LogP contribution in [0.25, 0.3) is 10.9 Å². The number of benzene rings is 1. The first-order valence-corrected chi connectivity index (χ1v) is 7.22. The Hall–Kier alpha value is -2.30. The molecule has 0 amide bonds. The molecule has 0 saturated heterocycles. The molecule has 0 N–H and O–H groups in total. The van der Waals surface area contributed by atoms with Crippen LogP contribution in [-0.4, -0.2) is 21.3 Å². The molecule has 0 aliphatic heterocycles. The van der Waals surface area contributed by atoms with E-state index in [-0.39, 0.29) is 5.92 Å². The average Bonchev–Trinajstić information content (AvgIpc) is 3.08. The molecule has 0 unspecified atom stereocenters. The van der Waals surface area contributed by atoms with E-state index in [1.807, 2.05) is 39.1 Å². The van der Waals surface area contributed by atoms with Crippen LogP contribution in [0.2, 0.25) is 0 Å². The molecule has 0 aliphatic carbocycles. The Morgan fingerprint density at radius 1 is 1.29 bits per heavy atom. The van der Waals surface area contributed by atoms with Crippen molar-refractivity contribution in [3.63, 3.8) is 0 Å². The summed E-state index contributed by atoms with van der Waals surface area (Å²) in [5.41, 5.74) is 1.10. The standard InChI is InChI=1S/C16H19N3O2/c1-4-20-14-7-5-6-13-12(14)8-9-19(13)10-15-17-16(11(2)3)18-21-15/h5-9,11H,4,10H2,1-3H3.